The maximum absolute atomic E-state index is 12.5. The third-order valence-corrected chi connectivity index (χ3v) is 4.30. The number of fused-ring (bicyclic) bond motifs is 2. The smallest absolute Gasteiger partial charge is 0.285 e. The zero-order valence-electron chi connectivity index (χ0n) is 13.1. The van der Waals surface area contributed by atoms with Crippen molar-refractivity contribution in [2.75, 3.05) is 0 Å². The van der Waals surface area contributed by atoms with Crippen LogP contribution in [0.5, 0.6) is 0 Å². The molecule has 0 aliphatic carbocycles. The van der Waals surface area contributed by atoms with E-state index in [0.29, 0.717) is 16.9 Å². The van der Waals surface area contributed by atoms with E-state index in [2.05, 4.69) is 44.2 Å². The van der Waals surface area contributed by atoms with E-state index < -0.39 is 0 Å². The van der Waals surface area contributed by atoms with E-state index in [1.54, 1.807) is 6.20 Å². The van der Waals surface area contributed by atoms with Crippen molar-refractivity contribution in [1.82, 2.24) is 24.3 Å². The van der Waals surface area contributed by atoms with Gasteiger partial charge >= 0.3 is 0 Å². The molecule has 0 spiro atoms. The minimum atomic E-state index is -0.166. The van der Waals surface area contributed by atoms with E-state index in [1.165, 1.54) is 16.3 Å². The van der Waals surface area contributed by atoms with Gasteiger partial charge in [-0.3, -0.25) is 4.79 Å². The van der Waals surface area contributed by atoms with Gasteiger partial charge in [-0.1, -0.05) is 54.6 Å². The van der Waals surface area contributed by atoms with Crippen molar-refractivity contribution in [1.29, 1.82) is 0 Å². The second-order valence-corrected chi connectivity index (χ2v) is 5.82. The number of nitrogens with one attached hydrogen (secondary N) is 2. The summed E-state index contributed by atoms with van der Waals surface area (Å²) < 4.78 is 1.50. The Morgan fingerprint density at radius 3 is 2.40 bits per heavy atom. The lowest BCUT2D eigenvalue weighted by Gasteiger charge is -2.02. The molecular weight excluding hydrogens is 314 g/mol. The molecule has 25 heavy (non-hydrogen) atoms. The monoisotopic (exact) mass is 327 g/mol. The molecule has 6 nitrogen and oxygen atoms in total. The van der Waals surface area contributed by atoms with Crippen LogP contribution < -0.4 is 5.56 Å². The van der Waals surface area contributed by atoms with Crippen LogP contribution in [0.25, 0.3) is 39.3 Å². The minimum absolute atomic E-state index is 0.166. The number of nitrogens with zero attached hydrogens (tertiary/aromatic N) is 3. The summed E-state index contributed by atoms with van der Waals surface area (Å²) in [6.07, 6.45) is 3.24. The number of rotatable bonds is 2. The molecule has 3 heterocycles. The van der Waals surface area contributed by atoms with Gasteiger partial charge in [0.15, 0.2) is 11.2 Å². The molecule has 0 aliphatic heterocycles. The molecule has 5 rings (SSSR count). The van der Waals surface area contributed by atoms with Crippen molar-refractivity contribution in [3.05, 3.63) is 77.5 Å². The second-order valence-electron chi connectivity index (χ2n) is 5.82. The maximum Gasteiger partial charge on any atom is 0.285 e. The van der Waals surface area contributed by atoms with Crippen molar-refractivity contribution in [3.63, 3.8) is 0 Å². The van der Waals surface area contributed by atoms with Crippen molar-refractivity contribution < 1.29 is 0 Å². The summed E-state index contributed by atoms with van der Waals surface area (Å²) in [5, 5.41) is 0. The Hall–Kier alpha value is -3.67. The Morgan fingerprint density at radius 1 is 0.880 bits per heavy atom. The Kier molecular flexibility index (Phi) is 2.84. The zero-order valence-corrected chi connectivity index (χ0v) is 13.1. The fourth-order valence-corrected chi connectivity index (χ4v) is 3.01. The summed E-state index contributed by atoms with van der Waals surface area (Å²) in [5.74, 6) is 0.478. The van der Waals surface area contributed by atoms with Crippen LogP contribution in [-0.4, -0.2) is 24.3 Å². The fourth-order valence-electron chi connectivity index (χ4n) is 3.01. The molecule has 0 radical (unpaired) electrons. The van der Waals surface area contributed by atoms with Crippen LogP contribution in [-0.2, 0) is 0 Å². The largest absolute Gasteiger partial charge is 0.339 e. The molecule has 0 bridgehead atoms. The van der Waals surface area contributed by atoms with E-state index in [9.17, 15) is 4.79 Å². The van der Waals surface area contributed by atoms with Crippen molar-refractivity contribution in [2.45, 2.75) is 0 Å². The molecule has 0 fully saturated rings. The van der Waals surface area contributed by atoms with Crippen LogP contribution in [0.15, 0.2) is 71.9 Å². The highest BCUT2D eigenvalue weighted by atomic mass is 16.1. The van der Waals surface area contributed by atoms with Gasteiger partial charge in [0.1, 0.15) is 0 Å². The molecule has 2 N–H and O–H groups in total. The Labute approximate surface area is 141 Å². The second kappa shape index (κ2) is 5.17. The van der Waals surface area contributed by atoms with Gasteiger partial charge in [-0.2, -0.15) is 4.98 Å². The molecule has 3 aromatic heterocycles. The number of hydrogen-bond acceptors (Lipinski definition) is 3. The number of benzene rings is 2. The van der Waals surface area contributed by atoms with Crippen LogP contribution >= 0.6 is 0 Å². The highest BCUT2D eigenvalue weighted by molar-refractivity contribution is 5.73. The number of aromatic amines is 2. The van der Waals surface area contributed by atoms with Crippen molar-refractivity contribution in [2.24, 2.45) is 0 Å². The van der Waals surface area contributed by atoms with Gasteiger partial charge in [-0.15, -0.1) is 0 Å². The van der Waals surface area contributed by atoms with Crippen LogP contribution in [0.3, 0.4) is 0 Å². The summed E-state index contributed by atoms with van der Waals surface area (Å²) in [6, 6.07) is 18.4. The number of aromatic nitrogens is 5. The predicted octanol–water partition coefficient (Wildman–Crippen LogP) is 3.23. The van der Waals surface area contributed by atoms with Crippen LogP contribution in [0.2, 0.25) is 0 Å². The molecule has 0 saturated heterocycles. The summed E-state index contributed by atoms with van der Waals surface area (Å²) in [6.45, 7) is 0. The molecule has 0 saturated carbocycles. The average molecular weight is 327 g/mol. The maximum atomic E-state index is 12.5. The third-order valence-electron chi connectivity index (χ3n) is 4.30. The van der Waals surface area contributed by atoms with Crippen LogP contribution in [0.4, 0.5) is 0 Å². The topological polar surface area (TPSA) is 78.8 Å². The molecule has 5 aromatic rings. The van der Waals surface area contributed by atoms with Gasteiger partial charge in [-0.05, 0) is 16.7 Å². The standard InChI is InChI=1S/C19H13N5O/c25-18-16-17(21-11-20-16)23-19-22-15(10-24(18)19)14-8-6-13(7-9-14)12-4-2-1-3-5-12/h1-11H,(H,20,21)(H,22,23). The highest BCUT2D eigenvalue weighted by Crippen LogP contribution is 2.24. The van der Waals surface area contributed by atoms with Crippen LogP contribution in [0.1, 0.15) is 0 Å². The van der Waals surface area contributed by atoms with E-state index in [-0.39, 0.29) is 5.56 Å². The first kappa shape index (κ1) is 13.7. The molecule has 6 heteroatoms. The number of hydrogen-bond donors (Lipinski definition) is 2. The van der Waals surface area contributed by atoms with Crippen molar-refractivity contribution in [3.8, 4) is 22.4 Å². The number of H-pyrrole nitrogens is 2. The minimum Gasteiger partial charge on any atom is -0.339 e. The quantitative estimate of drug-likeness (QED) is 0.522. The Morgan fingerprint density at radius 2 is 1.60 bits per heavy atom. The molecule has 0 amide bonds. The fraction of sp³-hybridized carbons (Fsp3) is 0. The van der Waals surface area contributed by atoms with Crippen molar-refractivity contribution >= 4 is 16.9 Å². The SMILES string of the molecule is O=c1c2[nH]cnc2nc2[nH]c(-c3ccc(-c4ccccc4)cc3)cn12. The van der Waals surface area contributed by atoms with Gasteiger partial charge in [0, 0.05) is 6.20 Å². The first-order valence-corrected chi connectivity index (χ1v) is 7.90. The molecular formula is C19H13N5O. The van der Waals surface area contributed by atoms with Gasteiger partial charge in [0.2, 0.25) is 5.78 Å². The molecule has 2 aromatic carbocycles. The average Bonchev–Trinajstić information content (AvgIpc) is 3.30. The molecule has 0 atom stereocenters. The van der Waals surface area contributed by atoms with E-state index in [0.717, 1.165) is 16.8 Å². The number of imidazole rings is 2. The van der Waals surface area contributed by atoms with E-state index in [4.69, 9.17) is 0 Å². The zero-order chi connectivity index (χ0) is 16.8. The normalized spacial score (nSPS) is 11.4. The first-order valence-electron chi connectivity index (χ1n) is 7.90. The van der Waals surface area contributed by atoms with Gasteiger partial charge in [-0.25, -0.2) is 9.38 Å². The molecule has 0 unspecified atom stereocenters. The lowest BCUT2D eigenvalue weighted by atomic mass is 10.0. The summed E-state index contributed by atoms with van der Waals surface area (Å²) in [5.41, 5.74) is 4.79. The summed E-state index contributed by atoms with van der Waals surface area (Å²) in [7, 11) is 0. The first-order chi connectivity index (χ1) is 12.3. The molecule has 0 aliphatic rings. The highest BCUT2D eigenvalue weighted by Gasteiger charge is 2.11. The summed E-state index contributed by atoms with van der Waals surface area (Å²) >= 11 is 0. The third kappa shape index (κ3) is 2.15. The lowest BCUT2D eigenvalue weighted by molar-refractivity contribution is 1.08. The van der Waals surface area contributed by atoms with E-state index >= 15 is 0 Å². The van der Waals surface area contributed by atoms with Gasteiger partial charge in [0.05, 0.1) is 12.0 Å². The molecule has 120 valence electrons. The van der Waals surface area contributed by atoms with Gasteiger partial charge < -0.3 is 9.97 Å². The van der Waals surface area contributed by atoms with Crippen LogP contribution in [0, 0.1) is 0 Å². The van der Waals surface area contributed by atoms with Gasteiger partial charge in [0.25, 0.3) is 5.56 Å². The predicted molar refractivity (Wildman–Crippen MR) is 96.3 cm³/mol. The lowest BCUT2D eigenvalue weighted by Crippen LogP contribution is -2.13. The Balaban J connectivity index is 1.61. The summed E-state index contributed by atoms with van der Waals surface area (Å²) in [4.78, 5) is 26.9. The van der Waals surface area contributed by atoms with E-state index in [1.807, 2.05) is 30.3 Å². The Bertz CT molecular complexity index is 1250.